The van der Waals surface area contributed by atoms with E-state index in [2.05, 4.69) is 36.6 Å². The number of rotatable bonds is 1. The SMILES string of the molecule is Cc1ccc2c(c1)O[C@](C)([C@]1(C)Nc3ccc(C)cc3O1)N2. The summed E-state index contributed by atoms with van der Waals surface area (Å²) in [5.74, 6) is 1.72. The van der Waals surface area contributed by atoms with Crippen LogP contribution in [-0.4, -0.2) is 11.4 Å². The second-order valence-corrected chi connectivity index (χ2v) is 6.52. The van der Waals surface area contributed by atoms with Crippen LogP contribution in [0.25, 0.3) is 0 Å². The molecule has 0 bridgehead atoms. The first-order valence-electron chi connectivity index (χ1n) is 7.54. The van der Waals surface area contributed by atoms with Crippen LogP contribution in [0.1, 0.15) is 25.0 Å². The van der Waals surface area contributed by atoms with Gasteiger partial charge in [-0.2, -0.15) is 0 Å². The van der Waals surface area contributed by atoms with E-state index in [9.17, 15) is 0 Å². The van der Waals surface area contributed by atoms with Crippen molar-refractivity contribution in [2.75, 3.05) is 10.6 Å². The van der Waals surface area contributed by atoms with Crippen molar-refractivity contribution in [1.82, 2.24) is 0 Å². The smallest absolute Gasteiger partial charge is 0.236 e. The molecule has 4 heteroatoms. The van der Waals surface area contributed by atoms with Gasteiger partial charge in [0.1, 0.15) is 11.5 Å². The van der Waals surface area contributed by atoms with Gasteiger partial charge in [0.25, 0.3) is 0 Å². The first-order valence-corrected chi connectivity index (χ1v) is 7.54. The Labute approximate surface area is 130 Å². The molecule has 0 radical (unpaired) electrons. The minimum absolute atomic E-state index is 0.698. The summed E-state index contributed by atoms with van der Waals surface area (Å²) in [5.41, 5.74) is 2.94. The van der Waals surface area contributed by atoms with E-state index in [0.717, 1.165) is 22.9 Å². The van der Waals surface area contributed by atoms with Gasteiger partial charge >= 0.3 is 0 Å². The van der Waals surface area contributed by atoms with Crippen molar-refractivity contribution in [1.29, 1.82) is 0 Å². The summed E-state index contributed by atoms with van der Waals surface area (Å²) < 4.78 is 12.5. The Balaban J connectivity index is 1.69. The van der Waals surface area contributed by atoms with Crippen molar-refractivity contribution in [3.8, 4) is 11.5 Å². The highest BCUT2D eigenvalue weighted by atomic mass is 16.6. The van der Waals surface area contributed by atoms with Crippen molar-refractivity contribution in [3.05, 3.63) is 47.5 Å². The molecule has 2 atom stereocenters. The monoisotopic (exact) mass is 296 g/mol. The maximum atomic E-state index is 6.23. The molecule has 2 heterocycles. The fraction of sp³-hybridized carbons (Fsp3) is 0.333. The van der Waals surface area contributed by atoms with E-state index in [-0.39, 0.29) is 0 Å². The van der Waals surface area contributed by atoms with Crippen LogP contribution >= 0.6 is 0 Å². The van der Waals surface area contributed by atoms with E-state index >= 15 is 0 Å². The number of benzene rings is 2. The molecule has 0 unspecified atom stereocenters. The molecule has 4 nitrogen and oxygen atoms in total. The molecule has 114 valence electrons. The molecule has 0 saturated heterocycles. The van der Waals surface area contributed by atoms with Gasteiger partial charge in [0.2, 0.25) is 11.4 Å². The summed E-state index contributed by atoms with van der Waals surface area (Å²) in [6, 6.07) is 12.3. The molecule has 2 aliphatic heterocycles. The van der Waals surface area contributed by atoms with Gasteiger partial charge in [0.15, 0.2) is 0 Å². The van der Waals surface area contributed by atoms with Crippen LogP contribution in [0.15, 0.2) is 36.4 Å². The van der Waals surface area contributed by atoms with Crippen molar-refractivity contribution >= 4 is 11.4 Å². The number of hydrogen-bond acceptors (Lipinski definition) is 4. The number of ether oxygens (including phenoxy) is 2. The average molecular weight is 296 g/mol. The lowest BCUT2D eigenvalue weighted by Crippen LogP contribution is -2.63. The Morgan fingerprint density at radius 3 is 1.55 bits per heavy atom. The van der Waals surface area contributed by atoms with Gasteiger partial charge in [0, 0.05) is 13.8 Å². The lowest BCUT2D eigenvalue weighted by Gasteiger charge is -2.39. The minimum Gasteiger partial charge on any atom is -0.460 e. The summed E-state index contributed by atoms with van der Waals surface area (Å²) >= 11 is 0. The van der Waals surface area contributed by atoms with E-state index in [1.807, 2.05) is 38.1 Å². The van der Waals surface area contributed by atoms with Crippen LogP contribution in [0, 0.1) is 13.8 Å². The molecule has 0 spiro atoms. The lowest BCUT2D eigenvalue weighted by molar-refractivity contribution is -0.0413. The van der Waals surface area contributed by atoms with Crippen LogP contribution in [-0.2, 0) is 0 Å². The molecule has 0 fully saturated rings. The van der Waals surface area contributed by atoms with Crippen LogP contribution in [0.5, 0.6) is 11.5 Å². The van der Waals surface area contributed by atoms with Gasteiger partial charge in [-0.3, -0.25) is 0 Å². The van der Waals surface area contributed by atoms with E-state index < -0.39 is 11.4 Å². The largest absolute Gasteiger partial charge is 0.460 e. The Morgan fingerprint density at radius 2 is 1.14 bits per heavy atom. The second-order valence-electron chi connectivity index (χ2n) is 6.52. The topological polar surface area (TPSA) is 42.5 Å². The third-order valence-corrected chi connectivity index (χ3v) is 4.56. The molecule has 4 rings (SSSR count). The summed E-state index contributed by atoms with van der Waals surface area (Å²) in [7, 11) is 0. The van der Waals surface area contributed by atoms with Crippen molar-refractivity contribution in [3.63, 3.8) is 0 Å². The minimum atomic E-state index is -0.698. The molecular formula is C18H20N2O2. The number of anilines is 2. The van der Waals surface area contributed by atoms with Gasteiger partial charge < -0.3 is 20.1 Å². The highest BCUT2D eigenvalue weighted by Crippen LogP contribution is 2.47. The molecular weight excluding hydrogens is 276 g/mol. The molecule has 0 aliphatic carbocycles. The maximum absolute atomic E-state index is 6.23. The molecule has 22 heavy (non-hydrogen) atoms. The zero-order valence-electron chi connectivity index (χ0n) is 13.3. The van der Waals surface area contributed by atoms with E-state index in [4.69, 9.17) is 9.47 Å². The molecule has 2 aromatic carbocycles. The fourth-order valence-electron chi connectivity index (χ4n) is 3.07. The van der Waals surface area contributed by atoms with Crippen molar-refractivity contribution in [2.24, 2.45) is 0 Å². The van der Waals surface area contributed by atoms with Gasteiger partial charge in [-0.1, -0.05) is 12.1 Å². The number of aryl methyl sites for hydroxylation is 2. The van der Waals surface area contributed by atoms with Gasteiger partial charge in [-0.05, 0) is 49.2 Å². The molecule has 0 aromatic heterocycles. The Hall–Kier alpha value is -2.36. The zero-order valence-corrected chi connectivity index (χ0v) is 13.3. The zero-order chi connectivity index (χ0) is 15.5. The van der Waals surface area contributed by atoms with Gasteiger partial charge in [-0.25, -0.2) is 0 Å². The van der Waals surface area contributed by atoms with E-state index in [0.29, 0.717) is 0 Å². The van der Waals surface area contributed by atoms with Crippen LogP contribution < -0.4 is 20.1 Å². The third kappa shape index (κ3) is 1.76. The Morgan fingerprint density at radius 1 is 0.727 bits per heavy atom. The molecule has 0 saturated carbocycles. The second kappa shape index (κ2) is 4.09. The Bertz CT molecular complexity index is 708. The summed E-state index contributed by atoms with van der Waals surface area (Å²) in [4.78, 5) is 0. The summed E-state index contributed by atoms with van der Waals surface area (Å²) in [6.07, 6.45) is 0. The Kier molecular flexibility index (Phi) is 2.48. The fourth-order valence-corrected chi connectivity index (χ4v) is 3.07. The molecule has 2 aliphatic rings. The summed E-state index contributed by atoms with van der Waals surface area (Å²) in [6.45, 7) is 8.13. The molecule has 2 N–H and O–H groups in total. The quantitative estimate of drug-likeness (QED) is 0.833. The highest BCUT2D eigenvalue weighted by Gasteiger charge is 2.56. The third-order valence-electron chi connectivity index (χ3n) is 4.56. The number of fused-ring (bicyclic) bond motifs is 2. The van der Waals surface area contributed by atoms with Crippen LogP contribution in [0.2, 0.25) is 0 Å². The highest BCUT2D eigenvalue weighted by molar-refractivity contribution is 5.67. The van der Waals surface area contributed by atoms with Crippen LogP contribution in [0.3, 0.4) is 0 Å². The predicted octanol–water partition coefficient (Wildman–Crippen LogP) is 4.04. The number of nitrogens with one attached hydrogen (secondary N) is 2. The normalized spacial score (nSPS) is 28.0. The summed E-state index contributed by atoms with van der Waals surface area (Å²) in [5, 5.41) is 6.92. The van der Waals surface area contributed by atoms with Crippen LogP contribution in [0.4, 0.5) is 11.4 Å². The van der Waals surface area contributed by atoms with Crippen molar-refractivity contribution in [2.45, 2.75) is 39.1 Å². The lowest BCUT2D eigenvalue weighted by atomic mass is 10.0. The van der Waals surface area contributed by atoms with Crippen molar-refractivity contribution < 1.29 is 9.47 Å². The van der Waals surface area contributed by atoms with Gasteiger partial charge in [-0.15, -0.1) is 0 Å². The standard InChI is InChI=1S/C18H20N2O2/c1-11-5-7-13-15(9-11)21-17(3,19-13)18(4)20-14-8-6-12(2)10-16(14)22-18/h5-10,19-20H,1-4H3/t17-,18-/m1/s1. The van der Waals surface area contributed by atoms with Gasteiger partial charge in [0.05, 0.1) is 11.4 Å². The number of hydrogen-bond donors (Lipinski definition) is 2. The van der Waals surface area contributed by atoms with E-state index in [1.165, 1.54) is 11.1 Å². The maximum Gasteiger partial charge on any atom is 0.236 e. The molecule has 2 aromatic rings. The van der Waals surface area contributed by atoms with E-state index in [1.54, 1.807) is 0 Å². The predicted molar refractivity (Wildman–Crippen MR) is 87.7 cm³/mol. The average Bonchev–Trinajstić information content (AvgIpc) is 2.96. The first-order chi connectivity index (χ1) is 10.4. The molecule has 0 amide bonds. The first kappa shape index (κ1) is 13.3.